The Hall–Kier alpha value is -2.61. The van der Waals surface area contributed by atoms with Crippen molar-refractivity contribution in [1.82, 2.24) is 19.6 Å². The van der Waals surface area contributed by atoms with Crippen molar-refractivity contribution in [2.45, 2.75) is 51.5 Å². The first-order valence-corrected chi connectivity index (χ1v) is 13.8. The van der Waals surface area contributed by atoms with Gasteiger partial charge in [-0.15, -0.1) is 0 Å². The average molecular weight is 557 g/mol. The first-order chi connectivity index (χ1) is 18.4. The Balaban J connectivity index is 2.17. The normalized spacial score (nSPS) is 24.2. The summed E-state index contributed by atoms with van der Waals surface area (Å²) >= 11 is 0. The van der Waals surface area contributed by atoms with Crippen LogP contribution in [0.2, 0.25) is 0 Å². The molecule has 1 saturated carbocycles. The maximum Gasteiger partial charge on any atom is 0.320 e. The van der Waals surface area contributed by atoms with Gasteiger partial charge in [-0.1, -0.05) is 19.8 Å². The van der Waals surface area contributed by atoms with Crippen LogP contribution in [0.4, 0.5) is 0 Å². The highest BCUT2D eigenvalue weighted by atomic mass is 16.4. The molecular formula is C26H44N4O9. The van der Waals surface area contributed by atoms with Crippen LogP contribution in [0.1, 0.15) is 45.4 Å². The summed E-state index contributed by atoms with van der Waals surface area (Å²) < 4.78 is 0. The maximum atomic E-state index is 12.9. The van der Waals surface area contributed by atoms with E-state index < -0.39 is 29.9 Å². The molecule has 0 aromatic heterocycles. The van der Waals surface area contributed by atoms with E-state index in [4.69, 9.17) is 0 Å². The topological polar surface area (TPSA) is 179 Å². The minimum Gasteiger partial charge on any atom is -0.480 e. The zero-order valence-corrected chi connectivity index (χ0v) is 22.9. The van der Waals surface area contributed by atoms with Crippen LogP contribution in [-0.4, -0.2) is 148 Å². The Morgan fingerprint density at radius 2 is 1.03 bits per heavy atom. The molecule has 0 bridgehead atoms. The molecular weight excluding hydrogens is 512 g/mol. The van der Waals surface area contributed by atoms with Gasteiger partial charge in [-0.05, 0) is 25.2 Å². The number of nitrogens with zero attached hydrogens (tertiary/aromatic N) is 4. The van der Waals surface area contributed by atoms with Gasteiger partial charge in [-0.25, -0.2) is 0 Å². The zero-order chi connectivity index (χ0) is 28.9. The largest absolute Gasteiger partial charge is 0.480 e. The van der Waals surface area contributed by atoms with Crippen molar-refractivity contribution in [1.29, 1.82) is 0 Å². The van der Waals surface area contributed by atoms with Gasteiger partial charge in [0.25, 0.3) is 0 Å². The molecule has 2 aliphatic rings. The van der Waals surface area contributed by atoms with E-state index >= 15 is 0 Å². The van der Waals surface area contributed by atoms with Crippen LogP contribution < -0.4 is 0 Å². The number of carboxylic acid groups (broad SMARTS) is 4. The van der Waals surface area contributed by atoms with E-state index in [1.807, 2.05) is 0 Å². The molecule has 4 N–H and O–H groups in total. The lowest BCUT2D eigenvalue weighted by molar-refractivity contribution is -0.145. The van der Waals surface area contributed by atoms with Gasteiger partial charge in [-0.3, -0.25) is 43.6 Å². The van der Waals surface area contributed by atoms with Crippen molar-refractivity contribution < 1.29 is 44.4 Å². The maximum absolute atomic E-state index is 12.9. The highest BCUT2D eigenvalue weighted by Gasteiger charge is 2.30. The fourth-order valence-electron chi connectivity index (χ4n) is 5.44. The smallest absolute Gasteiger partial charge is 0.320 e. The van der Waals surface area contributed by atoms with Gasteiger partial charge in [0.2, 0.25) is 0 Å². The third kappa shape index (κ3) is 12.4. The summed E-state index contributed by atoms with van der Waals surface area (Å²) in [5.74, 6) is -3.56. The molecule has 222 valence electrons. The van der Waals surface area contributed by atoms with Crippen LogP contribution in [0.5, 0.6) is 0 Å². The van der Waals surface area contributed by atoms with Crippen molar-refractivity contribution in [3.05, 3.63) is 0 Å². The minimum atomic E-state index is -1.07. The molecule has 0 spiro atoms. The van der Waals surface area contributed by atoms with Crippen molar-refractivity contribution >= 4 is 29.7 Å². The van der Waals surface area contributed by atoms with Gasteiger partial charge >= 0.3 is 23.9 Å². The first kappa shape index (κ1) is 32.6. The van der Waals surface area contributed by atoms with Crippen LogP contribution in [0, 0.1) is 11.8 Å². The van der Waals surface area contributed by atoms with Gasteiger partial charge in [-0.2, -0.15) is 0 Å². The van der Waals surface area contributed by atoms with Crippen LogP contribution >= 0.6 is 0 Å². The summed E-state index contributed by atoms with van der Waals surface area (Å²) in [6.45, 7) is 3.24. The third-order valence-corrected chi connectivity index (χ3v) is 7.81. The number of aliphatic carboxylic acids is 4. The highest BCUT2D eigenvalue weighted by molar-refractivity contribution is 5.82. The van der Waals surface area contributed by atoms with Crippen molar-refractivity contribution in [3.63, 3.8) is 0 Å². The Morgan fingerprint density at radius 1 is 0.641 bits per heavy atom. The van der Waals surface area contributed by atoms with Crippen molar-refractivity contribution in [2.24, 2.45) is 11.8 Å². The van der Waals surface area contributed by atoms with Crippen LogP contribution in [-0.2, 0) is 24.0 Å². The summed E-state index contributed by atoms with van der Waals surface area (Å²) in [7, 11) is 0. The van der Waals surface area contributed by atoms with Crippen LogP contribution in [0.3, 0.4) is 0 Å². The van der Waals surface area contributed by atoms with E-state index in [1.54, 1.807) is 19.6 Å². The Morgan fingerprint density at radius 3 is 1.38 bits per heavy atom. The molecule has 1 saturated heterocycles. The first-order valence-electron chi connectivity index (χ1n) is 13.8. The zero-order valence-electron chi connectivity index (χ0n) is 22.9. The second-order valence-electron chi connectivity index (χ2n) is 10.9. The predicted molar refractivity (Wildman–Crippen MR) is 141 cm³/mol. The molecule has 1 heterocycles. The average Bonchev–Trinajstić information content (AvgIpc) is 2.84. The second kappa shape index (κ2) is 16.5. The minimum absolute atomic E-state index is 0.0344. The molecule has 1 aliphatic heterocycles. The molecule has 13 nitrogen and oxygen atoms in total. The lowest BCUT2D eigenvalue weighted by Crippen LogP contribution is -2.52. The van der Waals surface area contributed by atoms with E-state index in [0.29, 0.717) is 5.92 Å². The van der Waals surface area contributed by atoms with E-state index in [1.165, 1.54) is 0 Å². The summed E-state index contributed by atoms with van der Waals surface area (Å²) in [6.07, 6.45) is 3.92. The molecule has 0 radical (unpaired) electrons. The fourth-order valence-corrected chi connectivity index (χ4v) is 5.44. The molecule has 1 atom stereocenters. The quantitative estimate of drug-likeness (QED) is 0.254. The standard InChI is InChI=1S/C26H44N4O9/c1-19-2-4-20(5-3-19)22(31)7-6-21(26(38)39)30-14-12-28(17-24(34)35)10-8-27(16-23(32)33)9-11-29(13-15-30)18-25(36)37/h19-21H,2-18H2,1H3,(H,32,33)(H,34,35)(H,36,37)(H,38,39). The fraction of sp³-hybridized carbons (Fsp3) is 0.808. The summed E-state index contributed by atoms with van der Waals surface area (Å²) in [5.41, 5.74) is 0. The van der Waals surface area contributed by atoms with E-state index in [2.05, 4.69) is 6.92 Å². The predicted octanol–water partition coefficient (Wildman–Crippen LogP) is 0.0906. The van der Waals surface area contributed by atoms with E-state index in [9.17, 15) is 44.4 Å². The van der Waals surface area contributed by atoms with Gasteiger partial charge in [0.05, 0.1) is 19.6 Å². The van der Waals surface area contributed by atoms with E-state index in [-0.39, 0.29) is 96.5 Å². The Kier molecular flexibility index (Phi) is 13.8. The SMILES string of the molecule is CC1CCC(C(=O)CCC(C(=O)O)N2CCN(CC(=O)O)CCN(CC(=O)O)CCN(CC(=O)O)CC2)CC1. The second-order valence-corrected chi connectivity index (χ2v) is 10.9. The number of rotatable bonds is 12. The van der Waals surface area contributed by atoms with Crippen molar-refractivity contribution in [3.8, 4) is 0 Å². The number of hydrogen-bond acceptors (Lipinski definition) is 9. The summed E-state index contributed by atoms with van der Waals surface area (Å²) in [4.78, 5) is 66.1. The van der Waals surface area contributed by atoms with Gasteiger partial charge < -0.3 is 20.4 Å². The monoisotopic (exact) mass is 556 g/mol. The number of carboxylic acids is 4. The van der Waals surface area contributed by atoms with Crippen LogP contribution in [0.25, 0.3) is 0 Å². The lowest BCUT2D eigenvalue weighted by atomic mass is 9.80. The highest BCUT2D eigenvalue weighted by Crippen LogP contribution is 2.30. The molecule has 0 aromatic carbocycles. The lowest BCUT2D eigenvalue weighted by Gasteiger charge is -2.35. The number of ketones is 1. The Labute approximate surface area is 229 Å². The van der Waals surface area contributed by atoms with E-state index in [0.717, 1.165) is 25.7 Å². The third-order valence-electron chi connectivity index (χ3n) is 7.81. The Bertz CT molecular complexity index is 815. The number of carbonyl (C=O) groups is 5. The van der Waals surface area contributed by atoms with Gasteiger partial charge in [0, 0.05) is 64.7 Å². The number of hydrogen-bond donors (Lipinski definition) is 4. The molecule has 0 aromatic rings. The molecule has 1 unspecified atom stereocenters. The molecule has 39 heavy (non-hydrogen) atoms. The molecule has 13 heteroatoms. The summed E-state index contributed by atoms with van der Waals surface area (Å²) in [5, 5.41) is 38.1. The molecule has 2 fully saturated rings. The summed E-state index contributed by atoms with van der Waals surface area (Å²) in [6, 6.07) is -0.971. The van der Waals surface area contributed by atoms with Crippen molar-refractivity contribution in [2.75, 3.05) is 72.0 Å². The number of Topliss-reactive ketones (excluding diaryl/α,β-unsaturated/α-hetero) is 1. The molecule has 1 aliphatic carbocycles. The molecule has 0 amide bonds. The van der Waals surface area contributed by atoms with Gasteiger partial charge in [0.15, 0.2) is 0 Å². The van der Waals surface area contributed by atoms with Crippen LogP contribution in [0.15, 0.2) is 0 Å². The van der Waals surface area contributed by atoms with Gasteiger partial charge in [0.1, 0.15) is 11.8 Å². The number of carbonyl (C=O) groups excluding carboxylic acids is 1. The molecule has 2 rings (SSSR count).